The van der Waals surface area contributed by atoms with Gasteiger partial charge in [-0.25, -0.2) is 9.00 Å². The minimum Gasteiger partial charge on any atom is -0.481 e. The maximum atomic E-state index is 12.9. The second kappa shape index (κ2) is 9.19. The molecule has 2 aromatic carbocycles. The minimum absolute atomic E-state index is 0.227. The number of likely N-dealkylation sites (tertiary alicyclic amines) is 1. The van der Waals surface area contributed by atoms with Gasteiger partial charge in [0.05, 0.1) is 5.25 Å². The molecule has 0 aliphatic carbocycles. The van der Waals surface area contributed by atoms with Crippen LogP contribution in [0.4, 0.5) is 0 Å². The quantitative estimate of drug-likeness (QED) is 0.531. The van der Waals surface area contributed by atoms with Gasteiger partial charge < -0.3 is 14.1 Å². The Bertz CT molecular complexity index is 1370. The number of carbonyl (C=O) groups is 1. The molecule has 4 rings (SSSR count). The molecule has 3 unspecified atom stereocenters. The zero-order chi connectivity index (χ0) is 23.8. The number of amides is 1. The number of halogens is 1. The molecule has 33 heavy (non-hydrogen) atoms. The number of nitrogens with one attached hydrogen (secondary N) is 1. The molecule has 3 atom stereocenters. The fourth-order valence-electron chi connectivity index (χ4n) is 4.14. The number of hydrogen-bond acceptors (Lipinski definition) is 6. The number of hydrogen-bond donors (Lipinski definition) is 1. The molecule has 2 heterocycles. The molecule has 174 valence electrons. The molecule has 3 aromatic rings. The van der Waals surface area contributed by atoms with Crippen molar-refractivity contribution in [3.8, 4) is 16.9 Å². The van der Waals surface area contributed by atoms with Crippen molar-refractivity contribution in [3.05, 3.63) is 64.0 Å². The van der Waals surface area contributed by atoms with E-state index in [-0.39, 0.29) is 11.2 Å². The van der Waals surface area contributed by atoms with Crippen molar-refractivity contribution in [2.45, 2.75) is 31.1 Å². The van der Waals surface area contributed by atoms with Crippen LogP contribution < -0.4 is 10.4 Å². The van der Waals surface area contributed by atoms with Crippen LogP contribution in [-0.4, -0.2) is 45.7 Å². The molecule has 7 nitrogen and oxygen atoms in total. The van der Waals surface area contributed by atoms with E-state index in [0.717, 1.165) is 5.56 Å². The van der Waals surface area contributed by atoms with Crippen LogP contribution in [0.15, 0.2) is 57.7 Å². The summed E-state index contributed by atoms with van der Waals surface area (Å²) in [6.07, 6.45) is 2.01. The van der Waals surface area contributed by atoms with Crippen molar-refractivity contribution < 1.29 is 18.2 Å². The summed E-state index contributed by atoms with van der Waals surface area (Å²) >= 11 is 6.33. The number of piperidine rings is 1. The van der Waals surface area contributed by atoms with E-state index in [1.165, 1.54) is 12.3 Å². The lowest BCUT2D eigenvalue weighted by Crippen LogP contribution is -2.48. The van der Waals surface area contributed by atoms with Crippen LogP contribution in [0.1, 0.15) is 19.8 Å². The summed E-state index contributed by atoms with van der Waals surface area (Å²) < 4.78 is 31.2. The van der Waals surface area contributed by atoms with Crippen LogP contribution >= 0.6 is 11.6 Å². The third-order valence-electron chi connectivity index (χ3n) is 5.87. The molecular weight excluding hydrogens is 464 g/mol. The van der Waals surface area contributed by atoms with E-state index in [1.807, 2.05) is 18.2 Å². The van der Waals surface area contributed by atoms with E-state index in [0.29, 0.717) is 53.2 Å². The summed E-state index contributed by atoms with van der Waals surface area (Å²) in [6, 6.07) is 13.7. The fraction of sp³-hybridized carbons (Fsp3) is 0.333. The Balaban J connectivity index is 1.58. The zero-order valence-corrected chi connectivity index (χ0v) is 19.9. The first kappa shape index (κ1) is 23.3. The Morgan fingerprint density at radius 3 is 2.73 bits per heavy atom. The smallest absolute Gasteiger partial charge is 0.336 e. The molecule has 0 radical (unpaired) electrons. The largest absolute Gasteiger partial charge is 0.481 e. The van der Waals surface area contributed by atoms with Gasteiger partial charge >= 0.3 is 5.63 Å². The van der Waals surface area contributed by atoms with Crippen molar-refractivity contribution in [2.24, 2.45) is 0 Å². The molecule has 1 aliphatic rings. The average molecular weight is 489 g/mol. The summed E-state index contributed by atoms with van der Waals surface area (Å²) in [7, 11) is -2.72. The van der Waals surface area contributed by atoms with Gasteiger partial charge in [0.1, 0.15) is 11.3 Å². The second-order valence-electron chi connectivity index (χ2n) is 8.33. The molecule has 1 saturated heterocycles. The van der Waals surface area contributed by atoms with Crippen LogP contribution in [0.25, 0.3) is 22.1 Å². The molecule has 9 heteroatoms. The molecule has 1 aliphatic heterocycles. The molecule has 1 fully saturated rings. The van der Waals surface area contributed by atoms with Gasteiger partial charge in [-0.2, -0.15) is 0 Å². The number of carbonyl (C=O) groups excluding carboxylic acids is 1. The molecule has 1 aromatic heterocycles. The summed E-state index contributed by atoms with van der Waals surface area (Å²) in [5, 5.41) is 0.883. The number of ether oxygens (including phenoxy) is 1. The maximum absolute atomic E-state index is 12.9. The van der Waals surface area contributed by atoms with Gasteiger partial charge in [0.25, 0.3) is 5.91 Å². The minimum atomic E-state index is -2.72. The molecule has 1 N–H and O–H groups in total. The molecule has 0 saturated carbocycles. The standard InChI is InChI=1S/C24H25ClN2O5S/c1-15(24(29)27-11-5-6-17(14-27)33(2,26)30)31-16-9-10-19-20(13-23(28)32-22(19)12-16)18-7-3-4-8-21(18)25/h3-4,7-10,12-13,15,17,26H,5-6,11,14H2,1-2H3. The highest BCUT2D eigenvalue weighted by Crippen LogP contribution is 2.34. The van der Waals surface area contributed by atoms with Gasteiger partial charge in [0.15, 0.2) is 6.10 Å². The highest BCUT2D eigenvalue weighted by molar-refractivity contribution is 7.92. The Labute approximate surface area is 197 Å². The highest BCUT2D eigenvalue weighted by Gasteiger charge is 2.31. The van der Waals surface area contributed by atoms with Gasteiger partial charge in [-0.15, -0.1) is 0 Å². The van der Waals surface area contributed by atoms with E-state index in [2.05, 4.69) is 0 Å². The number of nitrogens with zero attached hydrogens (tertiary/aromatic N) is 1. The van der Waals surface area contributed by atoms with E-state index >= 15 is 0 Å². The Hall–Kier alpha value is -2.84. The van der Waals surface area contributed by atoms with Crippen molar-refractivity contribution in [1.82, 2.24) is 4.90 Å². The average Bonchev–Trinajstić information content (AvgIpc) is 2.77. The van der Waals surface area contributed by atoms with Gasteiger partial charge in [-0.3, -0.25) is 9.57 Å². The van der Waals surface area contributed by atoms with Crippen molar-refractivity contribution in [2.75, 3.05) is 19.3 Å². The SMILES string of the molecule is CC(Oc1ccc2c(-c3ccccc3Cl)cc(=O)oc2c1)C(=O)N1CCCC(S(C)(=N)=O)C1. The first-order valence-electron chi connectivity index (χ1n) is 10.6. The summed E-state index contributed by atoms with van der Waals surface area (Å²) in [5.41, 5.74) is 1.18. The Kier molecular flexibility index (Phi) is 6.50. The lowest BCUT2D eigenvalue weighted by molar-refractivity contribution is -0.138. The van der Waals surface area contributed by atoms with E-state index in [9.17, 15) is 13.8 Å². The first-order chi connectivity index (χ1) is 15.6. The van der Waals surface area contributed by atoms with Gasteiger partial charge in [-0.1, -0.05) is 29.8 Å². The van der Waals surface area contributed by atoms with Gasteiger partial charge in [0.2, 0.25) is 0 Å². The number of fused-ring (bicyclic) bond motifs is 1. The van der Waals surface area contributed by atoms with Crippen LogP contribution in [0, 0.1) is 4.78 Å². The van der Waals surface area contributed by atoms with E-state index in [4.69, 9.17) is 25.5 Å². The lowest BCUT2D eigenvalue weighted by Gasteiger charge is -2.34. The normalized spacial score (nSPS) is 19.1. The second-order valence-corrected chi connectivity index (χ2v) is 11.2. The van der Waals surface area contributed by atoms with Crippen molar-refractivity contribution >= 4 is 38.2 Å². The molecule has 0 bridgehead atoms. The Morgan fingerprint density at radius 2 is 2.00 bits per heavy atom. The Morgan fingerprint density at radius 1 is 1.24 bits per heavy atom. The van der Waals surface area contributed by atoms with E-state index < -0.39 is 21.5 Å². The highest BCUT2D eigenvalue weighted by atomic mass is 35.5. The zero-order valence-electron chi connectivity index (χ0n) is 18.4. The molecule has 0 spiro atoms. The summed E-state index contributed by atoms with van der Waals surface area (Å²) in [4.78, 5) is 26.7. The lowest BCUT2D eigenvalue weighted by atomic mass is 10.0. The van der Waals surface area contributed by atoms with Crippen LogP contribution in [0.5, 0.6) is 5.75 Å². The third-order valence-corrected chi connectivity index (χ3v) is 7.85. The van der Waals surface area contributed by atoms with Gasteiger partial charge in [-0.05, 0) is 38.0 Å². The van der Waals surface area contributed by atoms with Crippen molar-refractivity contribution in [3.63, 3.8) is 0 Å². The predicted molar refractivity (Wildman–Crippen MR) is 129 cm³/mol. The van der Waals surface area contributed by atoms with Crippen LogP contribution in [-0.2, 0) is 14.5 Å². The predicted octanol–water partition coefficient (Wildman–Crippen LogP) is 4.55. The molecule has 1 amide bonds. The van der Waals surface area contributed by atoms with Gasteiger partial charge in [0, 0.05) is 62.7 Å². The number of rotatable bonds is 5. The third kappa shape index (κ3) is 5.07. The first-order valence-corrected chi connectivity index (χ1v) is 13.0. The maximum Gasteiger partial charge on any atom is 0.336 e. The van der Waals surface area contributed by atoms with Crippen LogP contribution in [0.2, 0.25) is 5.02 Å². The number of benzene rings is 2. The molecular formula is C24H25ClN2O5S. The monoisotopic (exact) mass is 488 g/mol. The van der Waals surface area contributed by atoms with E-state index in [1.54, 1.807) is 36.1 Å². The van der Waals surface area contributed by atoms with Crippen LogP contribution in [0.3, 0.4) is 0 Å². The summed E-state index contributed by atoms with van der Waals surface area (Å²) in [5.74, 6) is 0.158. The fourth-order valence-corrected chi connectivity index (χ4v) is 5.45. The summed E-state index contributed by atoms with van der Waals surface area (Å²) in [6.45, 7) is 2.49. The topological polar surface area (TPSA) is 101 Å². The van der Waals surface area contributed by atoms with Crippen molar-refractivity contribution in [1.29, 1.82) is 4.78 Å².